The molecule has 1 aliphatic heterocycles. The second-order valence-electron chi connectivity index (χ2n) is 7.00. The Kier molecular flexibility index (Phi) is 5.94. The number of hydrogen-bond acceptors (Lipinski definition) is 3. The number of hydrogen-bond donors (Lipinski definition) is 0. The Balaban J connectivity index is 1.72. The number of halogens is 2. The number of likely N-dealkylation sites (tertiary alicyclic amines) is 1. The Morgan fingerprint density at radius 1 is 1.42 bits per heavy atom. The number of carbonyl (C=O) groups excluding carboxylic acids is 1. The van der Waals surface area contributed by atoms with Gasteiger partial charge in [0, 0.05) is 50.1 Å². The standard InChI is InChI=1S/C19H24ClFN4O/c1-23(2)10-11-24-9-7-22-18(24)15-4-3-8-25(13-15)19(26)14-5-6-16(20)17(21)12-14/h5-7,9,12,15H,3-4,8,10-11,13H2,1-2H3. The lowest BCUT2D eigenvalue weighted by atomic mass is 9.96. The highest BCUT2D eigenvalue weighted by Gasteiger charge is 2.28. The molecule has 1 aromatic heterocycles. The quantitative estimate of drug-likeness (QED) is 0.802. The average molecular weight is 379 g/mol. The van der Waals surface area contributed by atoms with Crippen LogP contribution in [-0.4, -0.2) is 59.0 Å². The van der Waals surface area contributed by atoms with Crippen molar-refractivity contribution in [1.82, 2.24) is 19.4 Å². The highest BCUT2D eigenvalue weighted by Crippen LogP contribution is 2.27. The van der Waals surface area contributed by atoms with Crippen molar-refractivity contribution in [3.05, 3.63) is 52.8 Å². The maximum Gasteiger partial charge on any atom is 0.253 e. The van der Waals surface area contributed by atoms with E-state index in [0.717, 1.165) is 31.8 Å². The number of piperidine rings is 1. The Labute approximate surface area is 158 Å². The third-order valence-electron chi connectivity index (χ3n) is 4.78. The summed E-state index contributed by atoms with van der Waals surface area (Å²) in [6.45, 7) is 3.08. The molecule has 2 heterocycles. The van der Waals surface area contributed by atoms with Crippen LogP contribution in [0.5, 0.6) is 0 Å². The van der Waals surface area contributed by atoms with Crippen LogP contribution in [0.1, 0.15) is 34.9 Å². The fourth-order valence-electron chi connectivity index (χ4n) is 3.36. The molecule has 0 saturated carbocycles. The smallest absolute Gasteiger partial charge is 0.253 e. The molecule has 0 aliphatic carbocycles. The summed E-state index contributed by atoms with van der Waals surface area (Å²) in [5, 5.41) is 0.0287. The van der Waals surface area contributed by atoms with Crippen LogP contribution in [0.2, 0.25) is 5.02 Å². The largest absolute Gasteiger partial charge is 0.338 e. The van der Waals surface area contributed by atoms with Gasteiger partial charge in [-0.2, -0.15) is 0 Å². The minimum absolute atomic E-state index is 0.0287. The molecular formula is C19H24ClFN4O. The van der Waals surface area contributed by atoms with Gasteiger partial charge in [-0.25, -0.2) is 9.37 Å². The van der Waals surface area contributed by atoms with E-state index in [1.165, 1.54) is 12.1 Å². The van der Waals surface area contributed by atoms with Crippen molar-refractivity contribution in [2.45, 2.75) is 25.3 Å². The van der Waals surface area contributed by atoms with Gasteiger partial charge in [0.2, 0.25) is 0 Å². The monoisotopic (exact) mass is 378 g/mol. The van der Waals surface area contributed by atoms with E-state index in [4.69, 9.17) is 11.6 Å². The van der Waals surface area contributed by atoms with E-state index in [1.807, 2.05) is 26.5 Å². The zero-order chi connectivity index (χ0) is 18.7. The highest BCUT2D eigenvalue weighted by molar-refractivity contribution is 6.30. The Hall–Kier alpha value is -1.92. The SMILES string of the molecule is CN(C)CCn1ccnc1C1CCCN(C(=O)c2ccc(Cl)c(F)c2)C1. The summed E-state index contributed by atoms with van der Waals surface area (Å²) in [7, 11) is 4.09. The minimum atomic E-state index is -0.565. The van der Waals surface area contributed by atoms with Gasteiger partial charge in [0.05, 0.1) is 5.02 Å². The number of imidazole rings is 1. The van der Waals surface area contributed by atoms with Crippen LogP contribution in [0.15, 0.2) is 30.6 Å². The van der Waals surface area contributed by atoms with E-state index < -0.39 is 5.82 Å². The molecule has 7 heteroatoms. The fourth-order valence-corrected chi connectivity index (χ4v) is 3.48. The van der Waals surface area contributed by atoms with Gasteiger partial charge in [-0.05, 0) is 45.1 Å². The molecule has 0 bridgehead atoms. The highest BCUT2D eigenvalue weighted by atomic mass is 35.5. The van der Waals surface area contributed by atoms with E-state index in [2.05, 4.69) is 14.5 Å². The van der Waals surface area contributed by atoms with Crippen LogP contribution >= 0.6 is 11.6 Å². The van der Waals surface area contributed by atoms with Crippen molar-refractivity contribution in [2.75, 3.05) is 33.7 Å². The second kappa shape index (κ2) is 8.18. The van der Waals surface area contributed by atoms with Gasteiger partial charge in [-0.3, -0.25) is 4.79 Å². The summed E-state index contributed by atoms with van der Waals surface area (Å²) in [5.41, 5.74) is 0.337. The first-order chi connectivity index (χ1) is 12.5. The fraction of sp³-hybridized carbons (Fsp3) is 0.474. The zero-order valence-corrected chi connectivity index (χ0v) is 15.9. The van der Waals surface area contributed by atoms with E-state index >= 15 is 0 Å². The molecule has 1 saturated heterocycles. The Morgan fingerprint density at radius 3 is 2.96 bits per heavy atom. The lowest BCUT2D eigenvalue weighted by Gasteiger charge is -2.33. The van der Waals surface area contributed by atoms with Crippen LogP contribution < -0.4 is 0 Å². The summed E-state index contributed by atoms with van der Waals surface area (Å²) in [6.07, 6.45) is 5.72. The molecule has 1 aliphatic rings. The van der Waals surface area contributed by atoms with Crippen molar-refractivity contribution in [3.8, 4) is 0 Å². The number of rotatable bonds is 5. The van der Waals surface area contributed by atoms with Gasteiger partial charge < -0.3 is 14.4 Å². The molecule has 1 aromatic carbocycles. The molecule has 3 rings (SSSR count). The Bertz CT molecular complexity index is 777. The average Bonchev–Trinajstić information content (AvgIpc) is 3.10. The van der Waals surface area contributed by atoms with Gasteiger partial charge in [0.1, 0.15) is 11.6 Å². The molecule has 2 aromatic rings. The zero-order valence-electron chi connectivity index (χ0n) is 15.2. The molecule has 0 radical (unpaired) electrons. The van der Waals surface area contributed by atoms with E-state index in [1.54, 1.807) is 11.0 Å². The number of carbonyl (C=O) groups is 1. The van der Waals surface area contributed by atoms with Gasteiger partial charge >= 0.3 is 0 Å². The predicted molar refractivity (Wildman–Crippen MR) is 100 cm³/mol. The molecule has 5 nitrogen and oxygen atoms in total. The lowest BCUT2D eigenvalue weighted by Crippen LogP contribution is -2.40. The molecule has 0 spiro atoms. The predicted octanol–water partition coefficient (Wildman–Crippen LogP) is 3.26. The number of nitrogens with zero attached hydrogens (tertiary/aromatic N) is 4. The van der Waals surface area contributed by atoms with Crippen LogP contribution in [0, 0.1) is 5.82 Å². The first-order valence-electron chi connectivity index (χ1n) is 8.86. The van der Waals surface area contributed by atoms with Crippen molar-refractivity contribution in [2.24, 2.45) is 0 Å². The number of aromatic nitrogens is 2. The molecule has 1 amide bonds. The van der Waals surface area contributed by atoms with E-state index in [9.17, 15) is 9.18 Å². The molecule has 1 unspecified atom stereocenters. The molecule has 0 N–H and O–H groups in total. The third kappa shape index (κ3) is 4.24. The minimum Gasteiger partial charge on any atom is -0.338 e. The van der Waals surface area contributed by atoms with Gasteiger partial charge in [-0.15, -0.1) is 0 Å². The van der Waals surface area contributed by atoms with Crippen molar-refractivity contribution < 1.29 is 9.18 Å². The van der Waals surface area contributed by atoms with E-state index in [0.29, 0.717) is 18.7 Å². The summed E-state index contributed by atoms with van der Waals surface area (Å²) in [4.78, 5) is 21.2. The van der Waals surface area contributed by atoms with Gasteiger partial charge in [-0.1, -0.05) is 11.6 Å². The van der Waals surface area contributed by atoms with Crippen LogP contribution in [0.3, 0.4) is 0 Å². The van der Waals surface area contributed by atoms with Crippen molar-refractivity contribution >= 4 is 17.5 Å². The lowest BCUT2D eigenvalue weighted by molar-refractivity contribution is 0.0702. The summed E-state index contributed by atoms with van der Waals surface area (Å²) < 4.78 is 15.9. The van der Waals surface area contributed by atoms with Crippen LogP contribution in [0.25, 0.3) is 0 Å². The first kappa shape index (κ1) is 18.9. The normalized spacial score (nSPS) is 17.7. The maximum absolute atomic E-state index is 13.7. The molecule has 26 heavy (non-hydrogen) atoms. The van der Waals surface area contributed by atoms with E-state index in [-0.39, 0.29) is 16.8 Å². The number of likely N-dealkylation sites (N-methyl/N-ethyl adjacent to an activating group) is 1. The summed E-state index contributed by atoms with van der Waals surface area (Å²) in [6, 6.07) is 4.22. The topological polar surface area (TPSA) is 41.4 Å². The molecule has 1 fully saturated rings. The van der Waals surface area contributed by atoms with Crippen LogP contribution in [-0.2, 0) is 6.54 Å². The van der Waals surface area contributed by atoms with Crippen molar-refractivity contribution in [3.63, 3.8) is 0 Å². The van der Waals surface area contributed by atoms with Crippen molar-refractivity contribution in [1.29, 1.82) is 0 Å². The molecular weight excluding hydrogens is 355 g/mol. The summed E-state index contributed by atoms with van der Waals surface area (Å²) >= 11 is 5.72. The molecule has 1 atom stereocenters. The maximum atomic E-state index is 13.7. The molecule has 140 valence electrons. The number of amides is 1. The Morgan fingerprint density at radius 2 is 2.23 bits per heavy atom. The van der Waals surface area contributed by atoms with Gasteiger partial charge in [0.15, 0.2) is 0 Å². The van der Waals surface area contributed by atoms with Crippen LogP contribution in [0.4, 0.5) is 4.39 Å². The van der Waals surface area contributed by atoms with Gasteiger partial charge in [0.25, 0.3) is 5.91 Å². The first-order valence-corrected chi connectivity index (χ1v) is 9.23. The second-order valence-corrected chi connectivity index (χ2v) is 7.41. The summed E-state index contributed by atoms with van der Waals surface area (Å²) in [5.74, 6) is 0.496. The third-order valence-corrected chi connectivity index (χ3v) is 5.08. The number of benzene rings is 1.